The first-order valence-electron chi connectivity index (χ1n) is 8.70. The molecule has 0 saturated carbocycles. The Morgan fingerprint density at radius 2 is 1.46 bits per heavy atom. The maximum atomic E-state index is 12.7. The third-order valence-electron chi connectivity index (χ3n) is 3.77. The van der Waals surface area contributed by atoms with Crippen LogP contribution in [0.4, 0.5) is 0 Å². The number of carbonyl (C=O) groups excluding carboxylic acids is 4. The minimum absolute atomic E-state index is 0.0578. The molecule has 0 atom stereocenters. The molecule has 1 N–H and O–H groups in total. The van der Waals surface area contributed by atoms with Crippen molar-refractivity contribution in [1.82, 2.24) is 4.98 Å². The quantitative estimate of drug-likeness (QED) is 0.320. The van der Waals surface area contributed by atoms with Crippen LogP contribution in [0.1, 0.15) is 42.5 Å². The molecule has 148 valence electrons. The first kappa shape index (κ1) is 20.9. The number of ether oxygens (including phenoxy) is 3. The van der Waals surface area contributed by atoms with Gasteiger partial charge in [0.05, 0.1) is 24.6 Å². The third-order valence-corrected chi connectivity index (χ3v) is 3.77. The minimum Gasteiger partial charge on any atom is -0.462 e. The highest BCUT2D eigenvalue weighted by molar-refractivity contribution is 6.09. The second-order valence-electron chi connectivity index (χ2n) is 5.70. The summed E-state index contributed by atoms with van der Waals surface area (Å²) in [6.07, 6.45) is 0. The summed E-state index contributed by atoms with van der Waals surface area (Å²) in [5, 5.41) is 0. The van der Waals surface area contributed by atoms with Crippen molar-refractivity contribution in [3.8, 4) is 0 Å². The smallest absolute Gasteiger partial charge is 0.369 e. The molecule has 0 bridgehead atoms. The molecule has 8 heteroatoms. The summed E-state index contributed by atoms with van der Waals surface area (Å²) in [6, 6.07) is 11.1. The van der Waals surface area contributed by atoms with Gasteiger partial charge < -0.3 is 19.2 Å². The van der Waals surface area contributed by atoms with E-state index in [0.717, 1.165) is 6.92 Å². The van der Waals surface area contributed by atoms with Crippen molar-refractivity contribution in [2.24, 2.45) is 0 Å². The molecule has 0 aliphatic rings. The predicted molar refractivity (Wildman–Crippen MR) is 97.4 cm³/mol. The van der Waals surface area contributed by atoms with Gasteiger partial charge in [0.2, 0.25) is 5.78 Å². The molecule has 0 radical (unpaired) electrons. The Hall–Kier alpha value is -3.42. The summed E-state index contributed by atoms with van der Waals surface area (Å²) in [4.78, 5) is 52.4. The lowest BCUT2D eigenvalue weighted by atomic mass is 9.99. The third kappa shape index (κ3) is 4.11. The average molecular weight is 387 g/mol. The number of aromatic amines is 1. The highest BCUT2D eigenvalue weighted by Crippen LogP contribution is 2.30. The monoisotopic (exact) mass is 387 g/mol. The standard InChI is InChI=1S/C20H21NO7/c1-4-26-18(24)20(28-13(3)22,19(25)27-5-2)16-12-11-15(21-16)17(23)14-9-7-6-8-10-14/h6-12,21H,4-5H2,1-3H3. The number of rotatable bonds is 8. The summed E-state index contributed by atoms with van der Waals surface area (Å²) in [6.45, 7) is 4.02. The molecular weight excluding hydrogens is 366 g/mol. The van der Waals surface area contributed by atoms with Gasteiger partial charge >= 0.3 is 23.5 Å². The Bertz CT molecular complexity index is 852. The molecule has 0 aliphatic carbocycles. The molecular formula is C20H21NO7. The largest absolute Gasteiger partial charge is 0.462 e. The summed E-state index contributed by atoms with van der Waals surface area (Å²) < 4.78 is 15.0. The molecule has 0 spiro atoms. The van der Waals surface area contributed by atoms with Crippen LogP contribution in [-0.4, -0.2) is 41.9 Å². The fraction of sp³-hybridized carbons (Fsp3) is 0.300. The second-order valence-corrected chi connectivity index (χ2v) is 5.70. The van der Waals surface area contributed by atoms with Gasteiger partial charge in [-0.1, -0.05) is 30.3 Å². The summed E-state index contributed by atoms with van der Waals surface area (Å²) >= 11 is 0. The Balaban J connectivity index is 2.55. The van der Waals surface area contributed by atoms with E-state index in [4.69, 9.17) is 14.2 Å². The van der Waals surface area contributed by atoms with E-state index in [1.165, 1.54) is 12.1 Å². The van der Waals surface area contributed by atoms with Gasteiger partial charge in [0, 0.05) is 12.5 Å². The zero-order valence-electron chi connectivity index (χ0n) is 15.8. The van der Waals surface area contributed by atoms with Gasteiger partial charge in [-0.05, 0) is 26.0 Å². The zero-order chi connectivity index (χ0) is 20.7. The first-order chi connectivity index (χ1) is 13.4. The number of hydrogen-bond acceptors (Lipinski definition) is 7. The van der Waals surface area contributed by atoms with Gasteiger partial charge in [0.1, 0.15) is 0 Å². The number of carbonyl (C=O) groups is 4. The molecule has 0 saturated heterocycles. The topological polar surface area (TPSA) is 112 Å². The first-order valence-corrected chi connectivity index (χ1v) is 8.70. The van der Waals surface area contributed by atoms with Gasteiger partial charge in [-0.2, -0.15) is 0 Å². The van der Waals surface area contributed by atoms with Crippen LogP contribution in [0.15, 0.2) is 42.5 Å². The van der Waals surface area contributed by atoms with Crippen molar-refractivity contribution in [1.29, 1.82) is 0 Å². The lowest BCUT2D eigenvalue weighted by Crippen LogP contribution is -2.49. The maximum absolute atomic E-state index is 12.7. The van der Waals surface area contributed by atoms with Crippen LogP contribution in [0.25, 0.3) is 0 Å². The minimum atomic E-state index is -2.49. The molecule has 0 aliphatic heterocycles. The molecule has 8 nitrogen and oxygen atoms in total. The zero-order valence-corrected chi connectivity index (χ0v) is 15.8. The molecule has 1 aromatic heterocycles. The van der Waals surface area contributed by atoms with Crippen LogP contribution >= 0.6 is 0 Å². The van der Waals surface area contributed by atoms with E-state index in [-0.39, 0.29) is 30.4 Å². The van der Waals surface area contributed by atoms with Gasteiger partial charge in [-0.15, -0.1) is 0 Å². The molecule has 1 heterocycles. The summed E-state index contributed by atoms with van der Waals surface area (Å²) in [7, 11) is 0. The number of hydrogen-bond donors (Lipinski definition) is 1. The van der Waals surface area contributed by atoms with E-state index < -0.39 is 23.5 Å². The lowest BCUT2D eigenvalue weighted by molar-refractivity contribution is -0.197. The molecule has 28 heavy (non-hydrogen) atoms. The molecule has 0 amide bonds. The molecule has 0 unspecified atom stereocenters. The van der Waals surface area contributed by atoms with Crippen LogP contribution in [0.3, 0.4) is 0 Å². The number of aromatic nitrogens is 1. The number of nitrogens with one attached hydrogen (secondary N) is 1. The van der Waals surface area contributed by atoms with E-state index in [2.05, 4.69) is 4.98 Å². The highest BCUT2D eigenvalue weighted by Gasteiger charge is 2.56. The van der Waals surface area contributed by atoms with Crippen molar-refractivity contribution in [2.75, 3.05) is 13.2 Å². The summed E-state index contributed by atoms with van der Waals surface area (Å²) in [5.74, 6) is -3.50. The number of benzene rings is 1. The Kier molecular flexibility index (Phi) is 6.70. The van der Waals surface area contributed by atoms with Crippen LogP contribution in [0.2, 0.25) is 0 Å². The van der Waals surface area contributed by atoms with Crippen LogP contribution in [0, 0.1) is 0 Å². The van der Waals surface area contributed by atoms with E-state index >= 15 is 0 Å². The fourth-order valence-corrected chi connectivity index (χ4v) is 2.60. The van der Waals surface area contributed by atoms with Gasteiger partial charge in [-0.25, -0.2) is 9.59 Å². The van der Waals surface area contributed by atoms with E-state index in [1.807, 2.05) is 0 Å². The van der Waals surface area contributed by atoms with Crippen molar-refractivity contribution in [3.63, 3.8) is 0 Å². The maximum Gasteiger partial charge on any atom is 0.369 e. The average Bonchev–Trinajstić information content (AvgIpc) is 3.16. The van der Waals surface area contributed by atoms with Crippen LogP contribution in [-0.2, 0) is 34.2 Å². The van der Waals surface area contributed by atoms with E-state index in [1.54, 1.807) is 44.2 Å². The van der Waals surface area contributed by atoms with Crippen LogP contribution in [0.5, 0.6) is 0 Å². The lowest BCUT2D eigenvalue weighted by Gasteiger charge is -2.27. The van der Waals surface area contributed by atoms with Gasteiger partial charge in [0.15, 0.2) is 0 Å². The Labute approximate surface area is 161 Å². The summed E-state index contributed by atoms with van der Waals surface area (Å²) in [5.41, 5.74) is -2.13. The normalized spacial score (nSPS) is 10.8. The Morgan fingerprint density at radius 1 is 0.893 bits per heavy atom. The molecule has 2 rings (SSSR count). The van der Waals surface area contributed by atoms with Gasteiger partial charge in [0.25, 0.3) is 0 Å². The van der Waals surface area contributed by atoms with Crippen molar-refractivity contribution in [2.45, 2.75) is 26.4 Å². The number of esters is 3. The Morgan fingerprint density at radius 3 is 1.96 bits per heavy atom. The van der Waals surface area contributed by atoms with E-state index in [9.17, 15) is 19.2 Å². The molecule has 1 aromatic carbocycles. The van der Waals surface area contributed by atoms with Crippen molar-refractivity contribution < 1.29 is 33.4 Å². The molecule has 0 fully saturated rings. The second kappa shape index (κ2) is 8.98. The van der Waals surface area contributed by atoms with Crippen LogP contribution < -0.4 is 0 Å². The molecule has 2 aromatic rings. The SMILES string of the molecule is CCOC(=O)C(OC(C)=O)(C(=O)OCC)c1ccc(C(=O)c2ccccc2)[nH]1. The fourth-order valence-electron chi connectivity index (χ4n) is 2.60. The van der Waals surface area contributed by atoms with Crippen molar-refractivity contribution in [3.05, 3.63) is 59.4 Å². The van der Waals surface area contributed by atoms with Crippen molar-refractivity contribution >= 4 is 23.7 Å². The number of H-pyrrole nitrogens is 1. The highest BCUT2D eigenvalue weighted by atomic mass is 16.6. The van der Waals surface area contributed by atoms with Gasteiger partial charge in [-0.3, -0.25) is 9.59 Å². The van der Waals surface area contributed by atoms with E-state index in [0.29, 0.717) is 5.56 Å². The predicted octanol–water partition coefficient (Wildman–Crippen LogP) is 2.13. The number of ketones is 1.